The summed E-state index contributed by atoms with van der Waals surface area (Å²) in [4.78, 5) is 12.6. The first kappa shape index (κ1) is 11.7. The molecule has 0 aromatic rings. The van der Waals surface area contributed by atoms with Crippen LogP contribution in [0.15, 0.2) is 0 Å². The summed E-state index contributed by atoms with van der Waals surface area (Å²) in [5.41, 5.74) is -0.527. The molecule has 3 aliphatic carbocycles. The summed E-state index contributed by atoms with van der Waals surface area (Å²) in [5.74, 6) is 2.07. The van der Waals surface area contributed by atoms with Crippen LogP contribution in [0.1, 0.15) is 58.3 Å². The van der Waals surface area contributed by atoms with Gasteiger partial charge in [-0.15, -0.1) is 0 Å². The van der Waals surface area contributed by atoms with Crippen molar-refractivity contribution in [1.82, 2.24) is 0 Å². The average molecular weight is 236 g/mol. The average Bonchev–Trinajstić information content (AvgIpc) is 2.83. The second-order valence-electron chi connectivity index (χ2n) is 6.90. The highest BCUT2D eigenvalue weighted by Crippen LogP contribution is 2.48. The van der Waals surface area contributed by atoms with E-state index in [0.29, 0.717) is 17.6 Å². The number of Topliss-reactive ketones (excluding diaryl/α,β-unsaturated/α-hetero) is 1. The van der Waals surface area contributed by atoms with Crippen molar-refractivity contribution in [2.24, 2.45) is 23.7 Å². The Balaban J connectivity index is 1.89. The number of hydrogen-bond donors (Lipinski definition) is 1. The molecule has 2 nitrogen and oxygen atoms in total. The van der Waals surface area contributed by atoms with Crippen LogP contribution in [0.5, 0.6) is 0 Å². The first-order chi connectivity index (χ1) is 8.07. The van der Waals surface area contributed by atoms with Crippen molar-refractivity contribution in [3.8, 4) is 0 Å². The summed E-state index contributed by atoms with van der Waals surface area (Å²) in [6, 6.07) is 0. The predicted octanol–water partition coefficient (Wildman–Crippen LogP) is 2.93. The Bertz CT molecular complexity index is 293. The van der Waals surface area contributed by atoms with E-state index in [-0.39, 0.29) is 11.8 Å². The highest BCUT2D eigenvalue weighted by atomic mass is 16.3. The highest BCUT2D eigenvalue weighted by Gasteiger charge is 2.47. The van der Waals surface area contributed by atoms with Crippen LogP contribution in [0.2, 0.25) is 0 Å². The molecule has 2 heteroatoms. The van der Waals surface area contributed by atoms with Crippen molar-refractivity contribution in [2.45, 2.75) is 63.9 Å². The minimum Gasteiger partial charge on any atom is -0.390 e. The molecule has 3 saturated carbocycles. The Labute approximate surface area is 104 Å². The second-order valence-corrected chi connectivity index (χ2v) is 6.90. The topological polar surface area (TPSA) is 37.3 Å². The molecule has 0 aromatic heterocycles. The van der Waals surface area contributed by atoms with Gasteiger partial charge in [-0.2, -0.15) is 0 Å². The van der Waals surface area contributed by atoms with Crippen LogP contribution < -0.4 is 0 Å². The maximum atomic E-state index is 12.6. The van der Waals surface area contributed by atoms with Gasteiger partial charge in [-0.25, -0.2) is 0 Å². The fraction of sp³-hybridized carbons (Fsp3) is 0.933. The molecule has 0 amide bonds. The quantitative estimate of drug-likeness (QED) is 0.702. The fourth-order valence-corrected chi connectivity index (χ4v) is 4.80. The van der Waals surface area contributed by atoms with Crippen LogP contribution in [-0.2, 0) is 4.79 Å². The number of ketones is 1. The number of aliphatic hydroxyl groups is 1. The molecule has 3 aliphatic rings. The normalized spacial score (nSPS) is 50.6. The van der Waals surface area contributed by atoms with Crippen molar-refractivity contribution >= 4 is 5.78 Å². The second kappa shape index (κ2) is 4.08. The Kier molecular flexibility index (Phi) is 2.81. The lowest BCUT2D eigenvalue weighted by Crippen LogP contribution is -2.40. The highest BCUT2D eigenvalue weighted by molar-refractivity contribution is 5.84. The standard InChI is InChI=1S/C15H24O2/c1-15(17)8-10-4-2-6-12(10)14(16)13-7-3-5-11(13)9-15/h10-13,17H,2-9H2,1H3/t10-,11+,12-,13+,15?. The summed E-state index contributed by atoms with van der Waals surface area (Å²) in [5, 5.41) is 10.5. The van der Waals surface area contributed by atoms with Gasteiger partial charge in [0.2, 0.25) is 0 Å². The molecule has 0 saturated heterocycles. The van der Waals surface area contributed by atoms with Gasteiger partial charge in [-0.05, 0) is 57.3 Å². The first-order valence-electron chi connectivity index (χ1n) is 7.33. The molecule has 3 rings (SSSR count). The zero-order chi connectivity index (χ0) is 12.0. The largest absolute Gasteiger partial charge is 0.390 e. The van der Waals surface area contributed by atoms with Gasteiger partial charge in [0.25, 0.3) is 0 Å². The molecule has 0 aromatic carbocycles. The molecule has 0 spiro atoms. The summed E-state index contributed by atoms with van der Waals surface area (Å²) in [6.07, 6.45) is 8.57. The predicted molar refractivity (Wildman–Crippen MR) is 66.5 cm³/mol. The van der Waals surface area contributed by atoms with Gasteiger partial charge in [-0.3, -0.25) is 4.79 Å². The van der Waals surface area contributed by atoms with Crippen molar-refractivity contribution in [3.63, 3.8) is 0 Å². The monoisotopic (exact) mass is 236 g/mol. The Morgan fingerprint density at radius 2 is 1.47 bits per heavy atom. The molecule has 96 valence electrons. The van der Waals surface area contributed by atoms with E-state index in [1.807, 2.05) is 6.92 Å². The lowest BCUT2D eigenvalue weighted by atomic mass is 9.70. The summed E-state index contributed by atoms with van der Waals surface area (Å²) in [6.45, 7) is 1.99. The molecule has 1 N–H and O–H groups in total. The molecule has 3 fully saturated rings. The molecule has 17 heavy (non-hydrogen) atoms. The van der Waals surface area contributed by atoms with E-state index in [4.69, 9.17) is 0 Å². The van der Waals surface area contributed by atoms with E-state index < -0.39 is 5.60 Å². The van der Waals surface area contributed by atoms with E-state index in [0.717, 1.165) is 38.5 Å². The third-order valence-electron chi connectivity index (χ3n) is 5.45. The molecule has 0 radical (unpaired) electrons. The fourth-order valence-electron chi connectivity index (χ4n) is 4.80. The minimum absolute atomic E-state index is 0.285. The Morgan fingerprint density at radius 3 is 1.94 bits per heavy atom. The van der Waals surface area contributed by atoms with Gasteiger partial charge >= 0.3 is 0 Å². The number of hydrogen-bond acceptors (Lipinski definition) is 2. The third kappa shape index (κ3) is 2.05. The van der Waals surface area contributed by atoms with Crippen LogP contribution >= 0.6 is 0 Å². The van der Waals surface area contributed by atoms with E-state index in [9.17, 15) is 9.90 Å². The molecule has 5 atom stereocenters. The molecule has 0 aliphatic heterocycles. The molecule has 0 bridgehead atoms. The van der Waals surface area contributed by atoms with E-state index >= 15 is 0 Å². The number of fused-ring (bicyclic) bond motifs is 2. The van der Waals surface area contributed by atoms with Crippen LogP contribution in [0.4, 0.5) is 0 Å². The lowest BCUT2D eigenvalue weighted by Gasteiger charge is -2.37. The van der Waals surface area contributed by atoms with Crippen LogP contribution in [0.25, 0.3) is 0 Å². The number of carbonyl (C=O) groups is 1. The lowest BCUT2D eigenvalue weighted by molar-refractivity contribution is -0.132. The number of carbonyl (C=O) groups excluding carboxylic acids is 1. The Morgan fingerprint density at radius 1 is 1.00 bits per heavy atom. The van der Waals surface area contributed by atoms with Gasteiger partial charge in [0.1, 0.15) is 5.78 Å². The van der Waals surface area contributed by atoms with E-state index in [1.54, 1.807) is 0 Å². The summed E-state index contributed by atoms with van der Waals surface area (Å²) in [7, 11) is 0. The molecular formula is C15H24O2. The van der Waals surface area contributed by atoms with Crippen molar-refractivity contribution < 1.29 is 9.90 Å². The van der Waals surface area contributed by atoms with Crippen molar-refractivity contribution in [3.05, 3.63) is 0 Å². The molecular weight excluding hydrogens is 212 g/mol. The van der Waals surface area contributed by atoms with Gasteiger partial charge in [-0.1, -0.05) is 12.8 Å². The number of rotatable bonds is 0. The summed E-state index contributed by atoms with van der Waals surface area (Å²) >= 11 is 0. The van der Waals surface area contributed by atoms with Crippen LogP contribution in [0.3, 0.4) is 0 Å². The van der Waals surface area contributed by atoms with Crippen LogP contribution in [0, 0.1) is 23.7 Å². The maximum Gasteiger partial charge on any atom is 0.139 e. The van der Waals surface area contributed by atoms with Crippen LogP contribution in [-0.4, -0.2) is 16.5 Å². The SMILES string of the molecule is CC1(O)C[C@@H]2CCC[C@@H]2C(=O)[C@@H]2CCC[C@@H]2C1. The smallest absolute Gasteiger partial charge is 0.139 e. The molecule has 1 unspecified atom stereocenters. The first-order valence-corrected chi connectivity index (χ1v) is 7.33. The van der Waals surface area contributed by atoms with Gasteiger partial charge < -0.3 is 5.11 Å². The third-order valence-corrected chi connectivity index (χ3v) is 5.45. The van der Waals surface area contributed by atoms with E-state index in [2.05, 4.69) is 0 Å². The zero-order valence-electron chi connectivity index (χ0n) is 10.8. The minimum atomic E-state index is -0.527. The molecule has 0 heterocycles. The summed E-state index contributed by atoms with van der Waals surface area (Å²) < 4.78 is 0. The zero-order valence-corrected chi connectivity index (χ0v) is 10.8. The van der Waals surface area contributed by atoms with Gasteiger partial charge in [0.05, 0.1) is 5.60 Å². The van der Waals surface area contributed by atoms with Crippen molar-refractivity contribution in [1.29, 1.82) is 0 Å². The maximum absolute atomic E-state index is 12.6. The van der Waals surface area contributed by atoms with Gasteiger partial charge in [0, 0.05) is 11.8 Å². The van der Waals surface area contributed by atoms with Gasteiger partial charge in [0.15, 0.2) is 0 Å². The van der Waals surface area contributed by atoms with E-state index in [1.165, 1.54) is 12.8 Å². The Hall–Kier alpha value is -0.370. The van der Waals surface area contributed by atoms with Crippen molar-refractivity contribution in [2.75, 3.05) is 0 Å².